The van der Waals surface area contributed by atoms with Gasteiger partial charge in [0.15, 0.2) is 0 Å². The highest BCUT2D eigenvalue weighted by Gasteiger charge is 2.21. The average molecular weight is 388 g/mol. The Hall–Kier alpha value is -3.54. The highest BCUT2D eigenvalue weighted by molar-refractivity contribution is 5.92. The molecule has 2 aromatic carbocycles. The van der Waals surface area contributed by atoms with Crippen molar-refractivity contribution in [3.8, 4) is 11.3 Å². The predicted molar refractivity (Wildman–Crippen MR) is 112 cm³/mol. The molecule has 1 fully saturated rings. The lowest BCUT2D eigenvalue weighted by Gasteiger charge is -2.35. The number of halogens is 1. The number of rotatable bonds is 4. The number of carbonyl (C=O) groups excluding carboxylic acids is 1. The van der Waals surface area contributed by atoms with E-state index in [9.17, 15) is 9.18 Å². The van der Waals surface area contributed by atoms with E-state index in [-0.39, 0.29) is 11.7 Å². The summed E-state index contributed by atoms with van der Waals surface area (Å²) in [5, 5.41) is 0. The fourth-order valence-corrected chi connectivity index (χ4v) is 3.29. The zero-order valence-electron chi connectivity index (χ0n) is 15.9. The van der Waals surface area contributed by atoms with Crippen molar-refractivity contribution in [1.29, 1.82) is 0 Å². The van der Waals surface area contributed by atoms with Gasteiger partial charge in [-0.1, -0.05) is 42.5 Å². The molecule has 5 nitrogen and oxygen atoms in total. The molecule has 0 radical (unpaired) electrons. The summed E-state index contributed by atoms with van der Waals surface area (Å²) < 4.78 is 13.0. The van der Waals surface area contributed by atoms with Crippen LogP contribution in [0.25, 0.3) is 17.3 Å². The molecular weight excluding hydrogens is 367 g/mol. The van der Waals surface area contributed by atoms with Crippen molar-refractivity contribution in [2.24, 2.45) is 0 Å². The molecule has 1 aliphatic rings. The standard InChI is InChI=1S/C23H21FN4O/c24-20-9-6-18(7-10-20)8-11-23(29)28-14-12-27(13-15-28)22-16-21(25-17-26-22)19-4-2-1-3-5-19/h1-11,16-17H,12-15H2/b11-8-. The lowest BCUT2D eigenvalue weighted by Crippen LogP contribution is -2.48. The van der Waals surface area contributed by atoms with Crippen LogP contribution in [0, 0.1) is 5.82 Å². The van der Waals surface area contributed by atoms with Crippen molar-refractivity contribution in [3.63, 3.8) is 0 Å². The molecule has 1 aliphatic heterocycles. The van der Waals surface area contributed by atoms with Crippen LogP contribution in [-0.2, 0) is 4.79 Å². The van der Waals surface area contributed by atoms with Gasteiger partial charge in [0.05, 0.1) is 5.69 Å². The minimum Gasteiger partial charge on any atom is -0.353 e. The Labute approximate surface area is 169 Å². The number of piperazine rings is 1. The predicted octanol–water partition coefficient (Wildman–Crippen LogP) is 3.64. The van der Waals surface area contributed by atoms with Crippen molar-refractivity contribution >= 4 is 17.8 Å². The third kappa shape index (κ3) is 4.66. The van der Waals surface area contributed by atoms with E-state index in [1.807, 2.05) is 41.3 Å². The van der Waals surface area contributed by atoms with Gasteiger partial charge in [-0.05, 0) is 23.8 Å². The number of nitrogens with zero attached hydrogens (tertiary/aromatic N) is 4. The normalized spacial score (nSPS) is 14.4. The van der Waals surface area contributed by atoms with Crippen LogP contribution in [0.2, 0.25) is 0 Å². The average Bonchev–Trinajstić information content (AvgIpc) is 2.79. The first-order chi connectivity index (χ1) is 14.2. The third-order valence-corrected chi connectivity index (χ3v) is 4.93. The van der Waals surface area contributed by atoms with Gasteiger partial charge in [0, 0.05) is 43.9 Å². The van der Waals surface area contributed by atoms with Crippen molar-refractivity contribution < 1.29 is 9.18 Å². The van der Waals surface area contributed by atoms with Gasteiger partial charge in [-0.15, -0.1) is 0 Å². The highest BCUT2D eigenvalue weighted by atomic mass is 19.1. The first-order valence-electron chi connectivity index (χ1n) is 9.54. The van der Waals surface area contributed by atoms with Crippen molar-refractivity contribution in [1.82, 2.24) is 14.9 Å². The Balaban J connectivity index is 1.37. The van der Waals surface area contributed by atoms with Crippen LogP contribution in [0.3, 0.4) is 0 Å². The fourth-order valence-electron chi connectivity index (χ4n) is 3.29. The van der Waals surface area contributed by atoms with Crippen LogP contribution in [0.15, 0.2) is 73.1 Å². The second-order valence-corrected chi connectivity index (χ2v) is 6.82. The molecule has 1 aromatic heterocycles. The highest BCUT2D eigenvalue weighted by Crippen LogP contribution is 2.21. The van der Waals surface area contributed by atoms with Crippen LogP contribution in [0.1, 0.15) is 5.56 Å². The Kier molecular flexibility index (Phi) is 5.61. The maximum absolute atomic E-state index is 13.0. The van der Waals surface area contributed by atoms with Gasteiger partial charge < -0.3 is 9.80 Å². The number of aromatic nitrogens is 2. The molecule has 2 heterocycles. The topological polar surface area (TPSA) is 49.3 Å². The zero-order chi connectivity index (χ0) is 20.1. The number of hydrogen-bond donors (Lipinski definition) is 0. The molecule has 0 atom stereocenters. The van der Waals surface area contributed by atoms with Gasteiger partial charge in [0.25, 0.3) is 0 Å². The minimum absolute atomic E-state index is 0.0402. The number of benzene rings is 2. The van der Waals surface area contributed by atoms with E-state index in [4.69, 9.17) is 0 Å². The second kappa shape index (κ2) is 8.65. The van der Waals surface area contributed by atoms with Crippen LogP contribution in [0.5, 0.6) is 0 Å². The maximum atomic E-state index is 13.0. The molecule has 4 rings (SSSR count). The van der Waals surface area contributed by atoms with Gasteiger partial charge in [-0.25, -0.2) is 14.4 Å². The second-order valence-electron chi connectivity index (χ2n) is 6.82. The molecule has 29 heavy (non-hydrogen) atoms. The monoisotopic (exact) mass is 388 g/mol. The largest absolute Gasteiger partial charge is 0.353 e. The number of carbonyl (C=O) groups is 1. The zero-order valence-corrected chi connectivity index (χ0v) is 15.9. The summed E-state index contributed by atoms with van der Waals surface area (Å²) in [6.07, 6.45) is 4.84. The van der Waals surface area contributed by atoms with Crippen LogP contribution in [-0.4, -0.2) is 47.0 Å². The van der Waals surface area contributed by atoms with E-state index in [1.165, 1.54) is 12.1 Å². The molecule has 0 aliphatic carbocycles. The molecule has 0 bridgehead atoms. The van der Waals surface area contributed by atoms with E-state index >= 15 is 0 Å². The SMILES string of the molecule is O=C(/C=C\c1ccc(F)cc1)N1CCN(c2cc(-c3ccccc3)ncn2)CC1. The number of hydrogen-bond acceptors (Lipinski definition) is 4. The summed E-state index contributed by atoms with van der Waals surface area (Å²) >= 11 is 0. The van der Waals surface area contributed by atoms with E-state index in [0.717, 1.165) is 22.6 Å². The molecule has 1 saturated heterocycles. The fraction of sp³-hybridized carbons (Fsp3) is 0.174. The Bertz CT molecular complexity index is 997. The number of amides is 1. The van der Waals surface area contributed by atoms with E-state index in [0.29, 0.717) is 26.2 Å². The Morgan fingerprint density at radius 1 is 0.931 bits per heavy atom. The van der Waals surface area contributed by atoms with Crippen LogP contribution < -0.4 is 4.90 Å². The van der Waals surface area contributed by atoms with Crippen LogP contribution >= 0.6 is 0 Å². The summed E-state index contributed by atoms with van der Waals surface area (Å²) in [4.78, 5) is 25.2. The smallest absolute Gasteiger partial charge is 0.246 e. The van der Waals surface area contributed by atoms with Gasteiger partial charge in [0.1, 0.15) is 18.0 Å². The first-order valence-corrected chi connectivity index (χ1v) is 9.54. The quantitative estimate of drug-likeness (QED) is 0.641. The van der Waals surface area contributed by atoms with Gasteiger partial charge in [-0.3, -0.25) is 4.79 Å². The Morgan fingerprint density at radius 3 is 2.38 bits per heavy atom. The lowest BCUT2D eigenvalue weighted by atomic mass is 10.1. The summed E-state index contributed by atoms with van der Waals surface area (Å²) in [7, 11) is 0. The molecule has 6 heteroatoms. The van der Waals surface area contributed by atoms with Gasteiger partial charge in [0.2, 0.25) is 5.91 Å². The summed E-state index contributed by atoms with van der Waals surface area (Å²) in [6.45, 7) is 2.66. The maximum Gasteiger partial charge on any atom is 0.246 e. The molecule has 146 valence electrons. The summed E-state index contributed by atoms with van der Waals surface area (Å²) in [5.41, 5.74) is 2.74. The van der Waals surface area contributed by atoms with Crippen molar-refractivity contribution in [2.45, 2.75) is 0 Å². The molecule has 1 amide bonds. The molecule has 0 unspecified atom stereocenters. The van der Waals surface area contributed by atoms with Crippen molar-refractivity contribution in [3.05, 3.63) is 84.4 Å². The molecular formula is C23H21FN4O. The molecule has 3 aromatic rings. The Morgan fingerprint density at radius 2 is 1.66 bits per heavy atom. The van der Waals surface area contributed by atoms with E-state index in [2.05, 4.69) is 14.9 Å². The third-order valence-electron chi connectivity index (χ3n) is 4.93. The summed E-state index contributed by atoms with van der Waals surface area (Å²) in [5.74, 6) is 0.541. The molecule has 0 spiro atoms. The minimum atomic E-state index is -0.287. The summed E-state index contributed by atoms with van der Waals surface area (Å²) in [6, 6.07) is 18.1. The first kappa shape index (κ1) is 18.8. The van der Waals surface area contributed by atoms with Crippen LogP contribution in [0.4, 0.5) is 10.2 Å². The van der Waals surface area contributed by atoms with E-state index < -0.39 is 0 Å². The molecule has 0 saturated carbocycles. The van der Waals surface area contributed by atoms with E-state index in [1.54, 1.807) is 30.6 Å². The van der Waals surface area contributed by atoms with Gasteiger partial charge >= 0.3 is 0 Å². The van der Waals surface area contributed by atoms with Gasteiger partial charge in [-0.2, -0.15) is 0 Å². The number of anilines is 1. The molecule has 0 N–H and O–H groups in total. The lowest BCUT2D eigenvalue weighted by molar-refractivity contribution is -0.126. The van der Waals surface area contributed by atoms with Crippen molar-refractivity contribution in [2.75, 3.05) is 31.1 Å².